The van der Waals surface area contributed by atoms with E-state index in [4.69, 9.17) is 10.7 Å². The predicted molar refractivity (Wildman–Crippen MR) is 101 cm³/mol. The molecule has 0 fully saturated rings. The van der Waals surface area contributed by atoms with E-state index in [1.54, 1.807) is 17.0 Å². The van der Waals surface area contributed by atoms with E-state index in [0.717, 1.165) is 23.7 Å². The number of hydrogen-bond donors (Lipinski definition) is 1. The molecule has 1 aliphatic heterocycles. The zero-order valence-corrected chi connectivity index (χ0v) is 15.2. The maximum Gasteiger partial charge on any atom is 0.270 e. The van der Waals surface area contributed by atoms with Crippen LogP contribution in [0.5, 0.6) is 0 Å². The van der Waals surface area contributed by atoms with Gasteiger partial charge in [-0.3, -0.25) is 0 Å². The standard InChI is InChI=1S/C21H23F2N3/c1-14-18(15-10-12-17(13-11-15)21(3,22)23)20(2,25-19(24)26(14)4)16-8-6-5-7-9-16/h5-13,18H,1H2,2-4H3,(H2,24,25)/t18-,20-/m1/s1. The first kappa shape index (κ1) is 18.1. The summed E-state index contributed by atoms with van der Waals surface area (Å²) >= 11 is 0. The zero-order chi connectivity index (χ0) is 19.1. The van der Waals surface area contributed by atoms with Gasteiger partial charge < -0.3 is 10.6 Å². The second-order valence-electron chi connectivity index (χ2n) is 6.98. The highest BCUT2D eigenvalue weighted by molar-refractivity contribution is 5.82. The van der Waals surface area contributed by atoms with Crippen LogP contribution >= 0.6 is 0 Å². The summed E-state index contributed by atoms with van der Waals surface area (Å²) in [6.45, 7) is 7.11. The van der Waals surface area contributed by atoms with Crippen molar-refractivity contribution in [1.82, 2.24) is 4.90 Å². The molecule has 2 aromatic carbocycles. The Morgan fingerprint density at radius 1 is 1.12 bits per heavy atom. The average molecular weight is 355 g/mol. The van der Waals surface area contributed by atoms with E-state index in [2.05, 4.69) is 6.58 Å². The predicted octanol–water partition coefficient (Wildman–Crippen LogP) is 4.57. The van der Waals surface area contributed by atoms with Crippen molar-refractivity contribution in [3.8, 4) is 0 Å². The molecule has 0 saturated heterocycles. The van der Waals surface area contributed by atoms with E-state index >= 15 is 0 Å². The van der Waals surface area contributed by atoms with Gasteiger partial charge in [-0.25, -0.2) is 13.8 Å². The van der Waals surface area contributed by atoms with Gasteiger partial charge in [0.15, 0.2) is 5.96 Å². The van der Waals surface area contributed by atoms with E-state index in [-0.39, 0.29) is 11.5 Å². The lowest BCUT2D eigenvalue weighted by Crippen LogP contribution is -2.47. The van der Waals surface area contributed by atoms with Gasteiger partial charge in [-0.15, -0.1) is 0 Å². The number of aliphatic imine (C=N–C) groups is 1. The number of benzene rings is 2. The van der Waals surface area contributed by atoms with Crippen LogP contribution in [0.4, 0.5) is 8.78 Å². The molecule has 1 aliphatic rings. The van der Waals surface area contributed by atoms with Gasteiger partial charge in [0.2, 0.25) is 0 Å². The third kappa shape index (κ3) is 2.98. The molecule has 0 radical (unpaired) electrons. The number of nitrogens with zero attached hydrogens (tertiary/aromatic N) is 2. The van der Waals surface area contributed by atoms with Crippen LogP contribution in [0, 0.1) is 0 Å². The fraction of sp³-hybridized carbons (Fsp3) is 0.286. The lowest BCUT2D eigenvalue weighted by atomic mass is 9.73. The third-order valence-electron chi connectivity index (χ3n) is 5.13. The molecule has 0 spiro atoms. The largest absolute Gasteiger partial charge is 0.370 e. The fourth-order valence-electron chi connectivity index (χ4n) is 3.53. The zero-order valence-electron chi connectivity index (χ0n) is 15.2. The summed E-state index contributed by atoms with van der Waals surface area (Å²) in [4.78, 5) is 6.50. The molecule has 0 bridgehead atoms. The van der Waals surface area contributed by atoms with Gasteiger partial charge in [-0.05, 0) is 18.1 Å². The second kappa shape index (κ2) is 6.24. The molecule has 2 atom stereocenters. The molecule has 3 rings (SSSR count). The maximum absolute atomic E-state index is 13.6. The molecule has 136 valence electrons. The van der Waals surface area contributed by atoms with Crippen molar-refractivity contribution < 1.29 is 8.78 Å². The minimum atomic E-state index is -2.87. The van der Waals surface area contributed by atoms with Crippen molar-refractivity contribution in [2.24, 2.45) is 10.7 Å². The highest BCUT2D eigenvalue weighted by Gasteiger charge is 2.43. The van der Waals surface area contributed by atoms with Crippen LogP contribution in [0.15, 0.2) is 71.9 Å². The second-order valence-corrected chi connectivity index (χ2v) is 6.98. The van der Waals surface area contributed by atoms with Gasteiger partial charge in [-0.2, -0.15) is 0 Å². The molecule has 26 heavy (non-hydrogen) atoms. The monoisotopic (exact) mass is 355 g/mol. The Bertz CT molecular complexity index is 838. The van der Waals surface area contributed by atoms with E-state index in [0.29, 0.717) is 5.96 Å². The van der Waals surface area contributed by atoms with Gasteiger partial charge in [0.1, 0.15) is 0 Å². The molecule has 0 unspecified atom stereocenters. The molecule has 0 saturated carbocycles. The smallest absolute Gasteiger partial charge is 0.270 e. The summed E-state index contributed by atoms with van der Waals surface area (Å²) in [6, 6.07) is 16.2. The molecule has 3 nitrogen and oxygen atoms in total. The van der Waals surface area contributed by atoms with Crippen molar-refractivity contribution in [2.75, 3.05) is 7.05 Å². The first-order valence-corrected chi connectivity index (χ1v) is 8.46. The Morgan fingerprint density at radius 3 is 2.23 bits per heavy atom. The maximum atomic E-state index is 13.6. The van der Waals surface area contributed by atoms with Gasteiger partial charge >= 0.3 is 0 Å². The lowest BCUT2D eigenvalue weighted by Gasteiger charge is -2.44. The van der Waals surface area contributed by atoms with Crippen LogP contribution in [0.25, 0.3) is 0 Å². The molecule has 2 aromatic rings. The summed E-state index contributed by atoms with van der Waals surface area (Å²) < 4.78 is 27.1. The Hall–Kier alpha value is -2.69. The number of alkyl halides is 2. The minimum Gasteiger partial charge on any atom is -0.370 e. The highest BCUT2D eigenvalue weighted by atomic mass is 19.3. The number of hydrogen-bond acceptors (Lipinski definition) is 3. The van der Waals surface area contributed by atoms with Crippen molar-refractivity contribution >= 4 is 5.96 Å². The summed E-state index contributed by atoms with van der Waals surface area (Å²) in [6.07, 6.45) is 0. The molecule has 5 heteroatoms. The Kier molecular flexibility index (Phi) is 4.34. The van der Waals surface area contributed by atoms with Gasteiger partial charge in [-0.1, -0.05) is 61.2 Å². The SMILES string of the molecule is C=C1[C@H](c2ccc(C(C)(F)F)cc2)[C@@](C)(c2ccccc2)N=C(N)N1C. The van der Waals surface area contributed by atoms with Crippen molar-refractivity contribution in [3.05, 3.63) is 83.6 Å². The first-order valence-electron chi connectivity index (χ1n) is 8.46. The third-order valence-corrected chi connectivity index (χ3v) is 5.13. The van der Waals surface area contributed by atoms with E-state index < -0.39 is 11.5 Å². The van der Waals surface area contributed by atoms with Crippen molar-refractivity contribution in [3.63, 3.8) is 0 Å². The number of halogens is 2. The fourth-order valence-corrected chi connectivity index (χ4v) is 3.53. The summed E-state index contributed by atoms with van der Waals surface area (Å²) in [5, 5.41) is 0. The lowest BCUT2D eigenvalue weighted by molar-refractivity contribution is 0.0174. The molecule has 0 aromatic heterocycles. The molecule has 2 N–H and O–H groups in total. The van der Waals surface area contributed by atoms with Crippen LogP contribution in [-0.4, -0.2) is 17.9 Å². The number of likely N-dealkylation sites (N-methyl/N-ethyl adjacent to an activating group) is 1. The van der Waals surface area contributed by atoms with Crippen LogP contribution in [0.1, 0.15) is 36.5 Å². The van der Waals surface area contributed by atoms with Gasteiger partial charge in [0.25, 0.3) is 5.92 Å². The van der Waals surface area contributed by atoms with Gasteiger partial charge in [0, 0.05) is 25.2 Å². The Balaban J connectivity index is 2.14. The van der Waals surface area contributed by atoms with Gasteiger partial charge in [0.05, 0.1) is 11.5 Å². The van der Waals surface area contributed by atoms with Crippen LogP contribution in [0.3, 0.4) is 0 Å². The van der Waals surface area contributed by atoms with Crippen LogP contribution < -0.4 is 5.73 Å². The summed E-state index contributed by atoms with van der Waals surface area (Å²) in [5.41, 5.74) is 8.07. The average Bonchev–Trinajstić information content (AvgIpc) is 2.60. The van der Waals surface area contributed by atoms with E-state index in [1.165, 1.54) is 12.1 Å². The first-order chi connectivity index (χ1) is 12.1. The normalized spacial score (nSPS) is 23.7. The van der Waals surface area contributed by atoms with Crippen LogP contribution in [0.2, 0.25) is 0 Å². The minimum absolute atomic E-state index is 0.0135. The van der Waals surface area contributed by atoms with Crippen molar-refractivity contribution in [2.45, 2.75) is 31.2 Å². The molecule has 1 heterocycles. The summed E-state index contributed by atoms with van der Waals surface area (Å²) in [7, 11) is 1.81. The molecular weight excluding hydrogens is 332 g/mol. The molecule has 0 amide bonds. The number of rotatable bonds is 3. The van der Waals surface area contributed by atoms with Crippen molar-refractivity contribution in [1.29, 1.82) is 0 Å². The topological polar surface area (TPSA) is 41.6 Å². The summed E-state index contributed by atoms with van der Waals surface area (Å²) in [5.74, 6) is -2.71. The van der Waals surface area contributed by atoms with E-state index in [1.807, 2.05) is 44.3 Å². The number of guanidine groups is 1. The quantitative estimate of drug-likeness (QED) is 0.876. The van der Waals surface area contributed by atoms with E-state index in [9.17, 15) is 8.78 Å². The number of nitrogens with two attached hydrogens (primary N) is 1. The Labute approximate surface area is 152 Å². The Morgan fingerprint density at radius 2 is 1.69 bits per heavy atom. The highest BCUT2D eigenvalue weighted by Crippen LogP contribution is 2.47. The van der Waals surface area contributed by atoms with Crippen LogP contribution in [-0.2, 0) is 11.5 Å². The molecular formula is C21H23F2N3. The molecule has 0 aliphatic carbocycles.